The van der Waals surface area contributed by atoms with Crippen LogP contribution in [0.1, 0.15) is 0 Å². The lowest BCUT2D eigenvalue weighted by Crippen LogP contribution is -2.49. The third-order valence-corrected chi connectivity index (χ3v) is 4.62. The highest BCUT2D eigenvalue weighted by molar-refractivity contribution is 5.92. The predicted octanol–water partition coefficient (Wildman–Crippen LogP) is 3.22. The molecular formula is C21H24F3N3O3. The number of amides is 1. The van der Waals surface area contributed by atoms with Crippen LogP contribution in [0.15, 0.2) is 54.6 Å². The van der Waals surface area contributed by atoms with Gasteiger partial charge in [-0.1, -0.05) is 18.2 Å². The van der Waals surface area contributed by atoms with Crippen LogP contribution < -0.4 is 14.8 Å². The molecule has 0 spiro atoms. The maximum Gasteiger partial charge on any atom is 0.573 e. The zero-order valence-electron chi connectivity index (χ0n) is 16.4. The lowest BCUT2D eigenvalue weighted by Gasteiger charge is -2.34. The molecule has 0 bridgehead atoms. The van der Waals surface area contributed by atoms with Gasteiger partial charge in [0.25, 0.3) is 0 Å². The van der Waals surface area contributed by atoms with Crippen molar-refractivity contribution in [2.24, 2.45) is 0 Å². The van der Waals surface area contributed by atoms with Crippen LogP contribution in [0.4, 0.5) is 18.9 Å². The largest absolute Gasteiger partial charge is 0.573 e. The Balaban J connectivity index is 1.32. The molecule has 0 unspecified atom stereocenters. The zero-order valence-corrected chi connectivity index (χ0v) is 16.4. The summed E-state index contributed by atoms with van der Waals surface area (Å²) in [6.07, 6.45) is -4.70. The SMILES string of the molecule is O=C(CN1CCN(CCOc2ccc(OC(F)(F)F)cc2)CC1)Nc1ccccc1. The number of carbonyl (C=O) groups is 1. The number of alkyl halides is 3. The summed E-state index contributed by atoms with van der Waals surface area (Å²) in [6, 6.07) is 14.7. The van der Waals surface area contributed by atoms with Gasteiger partial charge in [-0.2, -0.15) is 0 Å². The van der Waals surface area contributed by atoms with Gasteiger partial charge in [-0.15, -0.1) is 13.2 Å². The number of nitrogens with zero attached hydrogens (tertiary/aromatic N) is 2. The molecule has 1 aliphatic heterocycles. The Morgan fingerprint density at radius 3 is 2.13 bits per heavy atom. The van der Waals surface area contributed by atoms with E-state index in [1.807, 2.05) is 30.3 Å². The number of benzene rings is 2. The van der Waals surface area contributed by atoms with Gasteiger partial charge in [0.15, 0.2) is 0 Å². The van der Waals surface area contributed by atoms with E-state index in [0.717, 1.165) is 31.9 Å². The molecule has 9 heteroatoms. The van der Waals surface area contributed by atoms with Gasteiger partial charge >= 0.3 is 6.36 Å². The maximum absolute atomic E-state index is 12.2. The third kappa shape index (κ3) is 7.57. The van der Waals surface area contributed by atoms with Crippen LogP contribution in [0.3, 0.4) is 0 Å². The Kier molecular flexibility index (Phi) is 7.53. The molecule has 1 N–H and O–H groups in total. The van der Waals surface area contributed by atoms with E-state index in [4.69, 9.17) is 4.74 Å². The summed E-state index contributed by atoms with van der Waals surface area (Å²) in [6.45, 7) is 4.68. The monoisotopic (exact) mass is 423 g/mol. The standard InChI is InChI=1S/C21H24F3N3O3/c22-21(23,24)30-19-8-6-18(7-9-19)29-15-14-26-10-12-27(13-11-26)16-20(28)25-17-4-2-1-3-5-17/h1-9H,10-16H2,(H,25,28). The first-order valence-electron chi connectivity index (χ1n) is 9.66. The minimum absolute atomic E-state index is 0.0315. The number of hydrogen-bond acceptors (Lipinski definition) is 5. The molecule has 1 saturated heterocycles. The van der Waals surface area contributed by atoms with E-state index in [2.05, 4.69) is 19.9 Å². The Labute approximate surface area is 173 Å². The number of hydrogen-bond donors (Lipinski definition) is 1. The van der Waals surface area contributed by atoms with Crippen molar-refractivity contribution in [1.29, 1.82) is 0 Å². The lowest BCUT2D eigenvalue weighted by molar-refractivity contribution is -0.274. The van der Waals surface area contributed by atoms with Crippen molar-refractivity contribution in [3.8, 4) is 11.5 Å². The van der Waals surface area contributed by atoms with E-state index < -0.39 is 6.36 Å². The molecule has 0 radical (unpaired) electrons. The van der Waals surface area contributed by atoms with Crippen LogP contribution in [-0.2, 0) is 4.79 Å². The first-order valence-corrected chi connectivity index (χ1v) is 9.66. The van der Waals surface area contributed by atoms with E-state index >= 15 is 0 Å². The van der Waals surface area contributed by atoms with Crippen molar-refractivity contribution in [3.05, 3.63) is 54.6 Å². The molecule has 30 heavy (non-hydrogen) atoms. The quantitative estimate of drug-likeness (QED) is 0.707. The highest BCUT2D eigenvalue weighted by Gasteiger charge is 2.31. The van der Waals surface area contributed by atoms with Crippen LogP contribution in [0.5, 0.6) is 11.5 Å². The summed E-state index contributed by atoms with van der Waals surface area (Å²) in [7, 11) is 0. The molecule has 162 valence electrons. The number of halogens is 3. The summed E-state index contributed by atoms with van der Waals surface area (Å²) in [5.74, 6) is 0.180. The van der Waals surface area contributed by atoms with E-state index in [-0.39, 0.29) is 11.7 Å². The molecule has 2 aromatic rings. The van der Waals surface area contributed by atoms with Crippen LogP contribution in [0.2, 0.25) is 0 Å². The van der Waals surface area contributed by atoms with E-state index in [1.165, 1.54) is 24.3 Å². The number of piperazine rings is 1. The summed E-state index contributed by atoms with van der Waals surface area (Å²) >= 11 is 0. The van der Waals surface area contributed by atoms with Gasteiger partial charge < -0.3 is 14.8 Å². The summed E-state index contributed by atoms with van der Waals surface area (Å²) in [4.78, 5) is 16.5. The minimum Gasteiger partial charge on any atom is -0.492 e. The molecule has 1 amide bonds. The average molecular weight is 423 g/mol. The Hall–Kier alpha value is -2.78. The number of ether oxygens (including phenoxy) is 2. The van der Waals surface area contributed by atoms with Crippen molar-refractivity contribution >= 4 is 11.6 Å². The Bertz CT molecular complexity index is 793. The molecule has 0 saturated carbocycles. The van der Waals surface area contributed by atoms with Crippen molar-refractivity contribution in [2.45, 2.75) is 6.36 Å². The molecule has 2 aromatic carbocycles. The molecule has 1 aliphatic rings. The van der Waals surface area contributed by atoms with Gasteiger partial charge in [-0.3, -0.25) is 14.6 Å². The summed E-state index contributed by atoms with van der Waals surface area (Å²) in [5.41, 5.74) is 0.788. The van der Waals surface area contributed by atoms with Crippen LogP contribution in [-0.4, -0.2) is 67.9 Å². The number of para-hydroxylation sites is 1. The van der Waals surface area contributed by atoms with Crippen LogP contribution in [0, 0.1) is 0 Å². The van der Waals surface area contributed by atoms with Gasteiger partial charge in [-0.25, -0.2) is 0 Å². The maximum atomic E-state index is 12.2. The first-order chi connectivity index (χ1) is 14.4. The lowest BCUT2D eigenvalue weighted by atomic mass is 10.3. The van der Waals surface area contributed by atoms with Gasteiger partial charge in [-0.05, 0) is 36.4 Å². The van der Waals surface area contributed by atoms with E-state index in [9.17, 15) is 18.0 Å². The Morgan fingerprint density at radius 2 is 1.50 bits per heavy atom. The Morgan fingerprint density at radius 1 is 0.900 bits per heavy atom. The number of anilines is 1. The highest BCUT2D eigenvalue weighted by atomic mass is 19.4. The van der Waals surface area contributed by atoms with Gasteiger partial charge in [0.2, 0.25) is 5.91 Å². The molecular weight excluding hydrogens is 399 g/mol. The molecule has 6 nitrogen and oxygen atoms in total. The van der Waals surface area contributed by atoms with E-state index in [0.29, 0.717) is 25.4 Å². The molecule has 0 aromatic heterocycles. The highest BCUT2D eigenvalue weighted by Crippen LogP contribution is 2.24. The van der Waals surface area contributed by atoms with Crippen LogP contribution in [0.25, 0.3) is 0 Å². The van der Waals surface area contributed by atoms with E-state index in [1.54, 1.807) is 0 Å². The second-order valence-corrected chi connectivity index (χ2v) is 6.90. The smallest absolute Gasteiger partial charge is 0.492 e. The second-order valence-electron chi connectivity index (χ2n) is 6.90. The molecule has 0 atom stereocenters. The number of nitrogens with one attached hydrogen (secondary N) is 1. The van der Waals surface area contributed by atoms with Crippen molar-refractivity contribution in [1.82, 2.24) is 9.80 Å². The fourth-order valence-corrected chi connectivity index (χ4v) is 3.13. The van der Waals surface area contributed by atoms with Gasteiger partial charge in [0.05, 0.1) is 6.54 Å². The molecule has 1 heterocycles. The van der Waals surface area contributed by atoms with Gasteiger partial charge in [0, 0.05) is 38.4 Å². The van der Waals surface area contributed by atoms with Crippen molar-refractivity contribution < 1.29 is 27.4 Å². The fourth-order valence-electron chi connectivity index (χ4n) is 3.13. The molecule has 1 fully saturated rings. The number of carbonyl (C=O) groups excluding carboxylic acids is 1. The number of rotatable bonds is 8. The minimum atomic E-state index is -4.70. The first kappa shape index (κ1) is 21.9. The third-order valence-electron chi connectivity index (χ3n) is 4.62. The predicted molar refractivity (Wildman–Crippen MR) is 107 cm³/mol. The summed E-state index contributed by atoms with van der Waals surface area (Å²) in [5, 5.41) is 2.88. The van der Waals surface area contributed by atoms with Crippen molar-refractivity contribution in [3.63, 3.8) is 0 Å². The normalized spacial score (nSPS) is 15.6. The second kappa shape index (κ2) is 10.3. The fraction of sp³-hybridized carbons (Fsp3) is 0.381. The molecule has 0 aliphatic carbocycles. The van der Waals surface area contributed by atoms with Gasteiger partial charge in [0.1, 0.15) is 18.1 Å². The zero-order chi connectivity index (χ0) is 21.4. The topological polar surface area (TPSA) is 54.0 Å². The van der Waals surface area contributed by atoms with Crippen molar-refractivity contribution in [2.75, 3.05) is 51.2 Å². The molecule has 3 rings (SSSR count). The summed E-state index contributed by atoms with van der Waals surface area (Å²) < 4.78 is 45.9. The average Bonchev–Trinajstić information content (AvgIpc) is 2.70. The van der Waals surface area contributed by atoms with Crippen LogP contribution >= 0.6 is 0 Å².